The Labute approximate surface area is 167 Å². The predicted octanol–water partition coefficient (Wildman–Crippen LogP) is 3.36. The highest BCUT2D eigenvalue weighted by Crippen LogP contribution is 2.32. The largest absolute Gasteiger partial charge is 0.497 e. The number of benzene rings is 2. The van der Waals surface area contributed by atoms with Gasteiger partial charge in [-0.3, -0.25) is 4.99 Å². The lowest BCUT2D eigenvalue weighted by Crippen LogP contribution is -2.43. The van der Waals surface area contributed by atoms with Gasteiger partial charge < -0.3 is 24.8 Å². The fraction of sp³-hybridized carbons (Fsp3) is 0.409. The van der Waals surface area contributed by atoms with Crippen LogP contribution in [-0.2, 0) is 12.0 Å². The Hall–Kier alpha value is -2.89. The van der Waals surface area contributed by atoms with Crippen molar-refractivity contribution in [3.63, 3.8) is 0 Å². The van der Waals surface area contributed by atoms with Crippen molar-refractivity contribution in [3.8, 4) is 17.2 Å². The molecule has 2 rings (SSSR count). The first-order valence-corrected chi connectivity index (χ1v) is 9.23. The van der Waals surface area contributed by atoms with E-state index in [4.69, 9.17) is 14.2 Å². The van der Waals surface area contributed by atoms with E-state index in [1.165, 1.54) is 0 Å². The molecule has 0 aliphatic heterocycles. The molecular formula is C22H31N3O3. The molecule has 0 unspecified atom stereocenters. The summed E-state index contributed by atoms with van der Waals surface area (Å²) in [5.41, 5.74) is 2.15. The maximum atomic E-state index is 5.43. The summed E-state index contributed by atoms with van der Waals surface area (Å²) >= 11 is 0. The average Bonchev–Trinajstić information content (AvgIpc) is 2.73. The average molecular weight is 386 g/mol. The molecule has 2 aromatic rings. The third kappa shape index (κ3) is 5.55. The molecular weight excluding hydrogens is 354 g/mol. The van der Waals surface area contributed by atoms with Crippen LogP contribution in [0.1, 0.15) is 25.0 Å². The summed E-state index contributed by atoms with van der Waals surface area (Å²) in [7, 11) is 6.73. The molecule has 0 aliphatic rings. The van der Waals surface area contributed by atoms with Gasteiger partial charge in [0.2, 0.25) is 0 Å². The highest BCUT2D eigenvalue weighted by molar-refractivity contribution is 5.79. The first-order chi connectivity index (χ1) is 13.4. The van der Waals surface area contributed by atoms with Crippen molar-refractivity contribution in [2.24, 2.45) is 4.99 Å². The third-order valence-electron chi connectivity index (χ3n) is 4.68. The van der Waals surface area contributed by atoms with E-state index in [1.54, 1.807) is 28.4 Å². The Bertz CT molecular complexity index is 803. The normalized spacial score (nSPS) is 11.7. The number of hydrogen-bond donors (Lipinski definition) is 2. The second-order valence-corrected chi connectivity index (χ2v) is 7.08. The topological polar surface area (TPSA) is 64.1 Å². The first-order valence-electron chi connectivity index (χ1n) is 9.23. The fourth-order valence-electron chi connectivity index (χ4n) is 2.85. The number of aliphatic imine (C=N–C) groups is 1. The van der Waals surface area contributed by atoms with Crippen LogP contribution in [0.5, 0.6) is 17.2 Å². The number of hydrogen-bond acceptors (Lipinski definition) is 4. The van der Waals surface area contributed by atoms with Gasteiger partial charge in [-0.15, -0.1) is 0 Å². The molecule has 152 valence electrons. The third-order valence-corrected chi connectivity index (χ3v) is 4.68. The summed E-state index contributed by atoms with van der Waals surface area (Å²) in [6.45, 7) is 5.72. The van der Waals surface area contributed by atoms with Gasteiger partial charge in [0.25, 0.3) is 0 Å². The van der Waals surface area contributed by atoms with Crippen LogP contribution in [0.2, 0.25) is 0 Å². The Morgan fingerprint density at radius 2 is 1.68 bits per heavy atom. The van der Waals surface area contributed by atoms with Gasteiger partial charge in [-0.05, 0) is 35.4 Å². The summed E-state index contributed by atoms with van der Waals surface area (Å²) in [5.74, 6) is 3.05. The van der Waals surface area contributed by atoms with Crippen LogP contribution in [0.15, 0.2) is 47.5 Å². The molecule has 0 bridgehead atoms. The van der Waals surface area contributed by atoms with Crippen molar-refractivity contribution in [2.75, 3.05) is 34.9 Å². The maximum absolute atomic E-state index is 5.43. The van der Waals surface area contributed by atoms with E-state index in [9.17, 15) is 0 Å². The summed E-state index contributed by atoms with van der Waals surface area (Å²) in [5, 5.41) is 6.75. The second-order valence-electron chi connectivity index (χ2n) is 7.08. The number of guanidine groups is 1. The standard InChI is InChI=1S/C22H31N3O3/c1-22(2,17-10-11-19(27-5)20(13-17)28-6)15-25-21(23-3)24-14-16-8-7-9-18(12-16)26-4/h7-13H,14-15H2,1-6H3,(H2,23,24,25). The molecule has 0 amide bonds. The van der Waals surface area contributed by atoms with Gasteiger partial charge >= 0.3 is 0 Å². The lowest BCUT2D eigenvalue weighted by molar-refractivity contribution is 0.353. The molecule has 2 N–H and O–H groups in total. The van der Waals surface area contributed by atoms with Gasteiger partial charge in [-0.1, -0.05) is 32.0 Å². The molecule has 28 heavy (non-hydrogen) atoms. The van der Waals surface area contributed by atoms with E-state index < -0.39 is 0 Å². The van der Waals surface area contributed by atoms with Crippen molar-refractivity contribution >= 4 is 5.96 Å². The molecule has 0 aromatic heterocycles. The van der Waals surface area contributed by atoms with Crippen LogP contribution in [-0.4, -0.2) is 40.9 Å². The molecule has 0 radical (unpaired) electrons. The summed E-state index contributed by atoms with van der Waals surface area (Å²) in [4.78, 5) is 4.32. The van der Waals surface area contributed by atoms with Crippen molar-refractivity contribution in [2.45, 2.75) is 25.8 Å². The number of methoxy groups -OCH3 is 3. The highest BCUT2D eigenvalue weighted by atomic mass is 16.5. The minimum absolute atomic E-state index is 0.132. The van der Waals surface area contributed by atoms with E-state index >= 15 is 0 Å². The summed E-state index contributed by atoms with van der Waals surface area (Å²) < 4.78 is 16.0. The monoisotopic (exact) mass is 385 g/mol. The lowest BCUT2D eigenvalue weighted by atomic mass is 9.84. The van der Waals surface area contributed by atoms with Gasteiger partial charge in [-0.25, -0.2) is 0 Å². The zero-order valence-electron chi connectivity index (χ0n) is 17.6. The van der Waals surface area contributed by atoms with Gasteiger partial charge in [-0.2, -0.15) is 0 Å². The van der Waals surface area contributed by atoms with Crippen LogP contribution in [0.4, 0.5) is 0 Å². The van der Waals surface area contributed by atoms with Crippen molar-refractivity contribution in [3.05, 3.63) is 53.6 Å². The Morgan fingerprint density at radius 3 is 2.32 bits per heavy atom. The van der Waals surface area contributed by atoms with E-state index in [-0.39, 0.29) is 5.41 Å². The van der Waals surface area contributed by atoms with Gasteiger partial charge in [0.1, 0.15) is 5.75 Å². The maximum Gasteiger partial charge on any atom is 0.191 e. The fourth-order valence-corrected chi connectivity index (χ4v) is 2.85. The molecule has 6 heteroatoms. The molecule has 0 fully saturated rings. The molecule has 0 atom stereocenters. The second kappa shape index (κ2) is 9.88. The van der Waals surface area contributed by atoms with Crippen molar-refractivity contribution < 1.29 is 14.2 Å². The zero-order chi connectivity index (χ0) is 20.6. The molecule has 2 aromatic carbocycles. The van der Waals surface area contributed by atoms with Gasteiger partial charge in [0.05, 0.1) is 21.3 Å². The number of nitrogens with one attached hydrogen (secondary N) is 2. The zero-order valence-corrected chi connectivity index (χ0v) is 17.6. The number of nitrogens with zero attached hydrogens (tertiary/aromatic N) is 1. The summed E-state index contributed by atoms with van der Waals surface area (Å²) in [6, 6.07) is 14.0. The Kier molecular flexibility index (Phi) is 7.55. The Morgan fingerprint density at radius 1 is 0.929 bits per heavy atom. The van der Waals surface area contributed by atoms with Gasteiger partial charge in [0, 0.05) is 25.6 Å². The van der Waals surface area contributed by atoms with Crippen molar-refractivity contribution in [1.82, 2.24) is 10.6 Å². The number of rotatable bonds is 8. The number of ether oxygens (including phenoxy) is 3. The predicted molar refractivity (Wildman–Crippen MR) is 114 cm³/mol. The molecule has 0 saturated carbocycles. The van der Waals surface area contributed by atoms with E-state index in [1.807, 2.05) is 30.3 Å². The highest BCUT2D eigenvalue weighted by Gasteiger charge is 2.22. The summed E-state index contributed by atoms with van der Waals surface area (Å²) in [6.07, 6.45) is 0. The molecule has 6 nitrogen and oxygen atoms in total. The van der Waals surface area contributed by atoms with Crippen LogP contribution in [0.25, 0.3) is 0 Å². The smallest absolute Gasteiger partial charge is 0.191 e. The minimum Gasteiger partial charge on any atom is -0.497 e. The quantitative estimate of drug-likeness (QED) is 0.539. The van der Waals surface area contributed by atoms with E-state index in [0.717, 1.165) is 34.3 Å². The van der Waals surface area contributed by atoms with Gasteiger partial charge in [0.15, 0.2) is 17.5 Å². The van der Waals surface area contributed by atoms with Crippen LogP contribution < -0.4 is 24.8 Å². The SMILES string of the molecule is CN=C(NCc1cccc(OC)c1)NCC(C)(C)c1ccc(OC)c(OC)c1. The van der Waals surface area contributed by atoms with Crippen molar-refractivity contribution in [1.29, 1.82) is 0 Å². The van der Waals surface area contributed by atoms with Crippen LogP contribution >= 0.6 is 0 Å². The molecule has 0 aliphatic carbocycles. The molecule has 0 spiro atoms. The van der Waals surface area contributed by atoms with E-state index in [0.29, 0.717) is 13.1 Å². The Balaban J connectivity index is 1.99. The van der Waals surface area contributed by atoms with E-state index in [2.05, 4.69) is 41.6 Å². The first kappa shape index (κ1) is 21.4. The molecule has 0 heterocycles. The lowest BCUT2D eigenvalue weighted by Gasteiger charge is -2.27. The minimum atomic E-state index is -0.132. The van der Waals surface area contributed by atoms with Crippen LogP contribution in [0, 0.1) is 0 Å². The van der Waals surface area contributed by atoms with Crippen LogP contribution in [0.3, 0.4) is 0 Å². The molecule has 0 saturated heterocycles.